The SMILES string of the molecule is O=C(COC(=O)c1ccccn1)Nc1ccc(Oc2ccccc2)cc1. The van der Waals surface area contributed by atoms with Crippen molar-refractivity contribution in [1.29, 1.82) is 0 Å². The monoisotopic (exact) mass is 348 g/mol. The minimum absolute atomic E-state index is 0.155. The Morgan fingerprint density at radius 3 is 2.23 bits per heavy atom. The quantitative estimate of drug-likeness (QED) is 0.688. The van der Waals surface area contributed by atoms with Crippen molar-refractivity contribution in [2.45, 2.75) is 0 Å². The fourth-order valence-corrected chi connectivity index (χ4v) is 2.12. The molecule has 0 spiro atoms. The highest BCUT2D eigenvalue weighted by molar-refractivity contribution is 5.94. The zero-order chi connectivity index (χ0) is 18.2. The Balaban J connectivity index is 1.49. The number of aromatic nitrogens is 1. The van der Waals surface area contributed by atoms with E-state index in [1.807, 2.05) is 30.3 Å². The third kappa shape index (κ3) is 4.91. The molecule has 1 aromatic heterocycles. The molecule has 0 saturated carbocycles. The smallest absolute Gasteiger partial charge is 0.357 e. The second kappa shape index (κ2) is 8.43. The first kappa shape index (κ1) is 17.2. The van der Waals surface area contributed by atoms with Gasteiger partial charge in [0.25, 0.3) is 5.91 Å². The van der Waals surface area contributed by atoms with Gasteiger partial charge in [0, 0.05) is 11.9 Å². The van der Waals surface area contributed by atoms with Gasteiger partial charge in [0.2, 0.25) is 0 Å². The summed E-state index contributed by atoms with van der Waals surface area (Å²) in [7, 11) is 0. The van der Waals surface area contributed by atoms with Crippen molar-refractivity contribution in [3.8, 4) is 11.5 Å². The van der Waals surface area contributed by atoms with Crippen LogP contribution in [0.5, 0.6) is 11.5 Å². The number of carbonyl (C=O) groups is 2. The van der Waals surface area contributed by atoms with Crippen molar-refractivity contribution in [2.24, 2.45) is 0 Å². The summed E-state index contributed by atoms with van der Waals surface area (Å²) in [5.41, 5.74) is 0.729. The molecule has 1 heterocycles. The number of amides is 1. The van der Waals surface area contributed by atoms with Crippen molar-refractivity contribution in [3.05, 3.63) is 84.7 Å². The number of carbonyl (C=O) groups excluding carboxylic acids is 2. The van der Waals surface area contributed by atoms with Gasteiger partial charge in [-0.25, -0.2) is 9.78 Å². The molecule has 0 fully saturated rings. The molecule has 6 heteroatoms. The topological polar surface area (TPSA) is 77.5 Å². The zero-order valence-electron chi connectivity index (χ0n) is 13.8. The van der Waals surface area contributed by atoms with Crippen LogP contribution in [0, 0.1) is 0 Å². The van der Waals surface area contributed by atoms with E-state index in [-0.39, 0.29) is 5.69 Å². The fourth-order valence-electron chi connectivity index (χ4n) is 2.12. The number of nitrogens with zero attached hydrogens (tertiary/aromatic N) is 1. The second-order valence-corrected chi connectivity index (χ2v) is 5.28. The minimum Gasteiger partial charge on any atom is -0.457 e. The number of esters is 1. The summed E-state index contributed by atoms with van der Waals surface area (Å²) >= 11 is 0. The lowest BCUT2D eigenvalue weighted by atomic mass is 10.3. The number of para-hydroxylation sites is 1. The predicted molar refractivity (Wildman–Crippen MR) is 96.1 cm³/mol. The maximum Gasteiger partial charge on any atom is 0.357 e. The summed E-state index contributed by atoms with van der Waals surface area (Å²) < 4.78 is 10.6. The Labute approximate surface area is 150 Å². The molecular weight excluding hydrogens is 332 g/mol. The highest BCUT2D eigenvalue weighted by atomic mass is 16.5. The zero-order valence-corrected chi connectivity index (χ0v) is 13.8. The summed E-state index contributed by atoms with van der Waals surface area (Å²) in [4.78, 5) is 27.5. The summed E-state index contributed by atoms with van der Waals surface area (Å²) in [5.74, 6) is 0.292. The molecule has 0 unspecified atom stereocenters. The van der Waals surface area contributed by atoms with Gasteiger partial charge < -0.3 is 14.8 Å². The van der Waals surface area contributed by atoms with E-state index in [0.29, 0.717) is 11.4 Å². The maximum atomic E-state index is 11.9. The predicted octanol–water partition coefficient (Wildman–Crippen LogP) is 3.67. The number of benzene rings is 2. The average Bonchev–Trinajstić information content (AvgIpc) is 2.69. The summed E-state index contributed by atoms with van der Waals surface area (Å²) in [6.45, 7) is -0.391. The highest BCUT2D eigenvalue weighted by Crippen LogP contribution is 2.22. The van der Waals surface area contributed by atoms with Gasteiger partial charge in [-0.05, 0) is 48.5 Å². The van der Waals surface area contributed by atoms with Gasteiger partial charge in [-0.1, -0.05) is 24.3 Å². The van der Waals surface area contributed by atoms with Gasteiger partial charge in [0.15, 0.2) is 6.61 Å². The highest BCUT2D eigenvalue weighted by Gasteiger charge is 2.11. The second-order valence-electron chi connectivity index (χ2n) is 5.28. The molecule has 0 bridgehead atoms. The standard InChI is InChI=1S/C20H16N2O4/c23-19(14-25-20(24)18-8-4-5-13-21-18)22-15-9-11-17(12-10-15)26-16-6-2-1-3-7-16/h1-13H,14H2,(H,22,23). The van der Waals surface area contributed by atoms with Crippen LogP contribution in [0.3, 0.4) is 0 Å². The van der Waals surface area contributed by atoms with E-state index in [0.717, 1.165) is 5.75 Å². The van der Waals surface area contributed by atoms with Gasteiger partial charge >= 0.3 is 5.97 Å². The van der Waals surface area contributed by atoms with E-state index in [1.54, 1.807) is 36.4 Å². The normalized spacial score (nSPS) is 10.0. The Morgan fingerprint density at radius 2 is 1.54 bits per heavy atom. The molecule has 0 aliphatic carbocycles. The molecule has 0 saturated heterocycles. The van der Waals surface area contributed by atoms with E-state index >= 15 is 0 Å². The van der Waals surface area contributed by atoms with E-state index in [9.17, 15) is 9.59 Å². The van der Waals surface area contributed by atoms with E-state index < -0.39 is 18.5 Å². The average molecular weight is 348 g/mol. The molecule has 0 aliphatic heterocycles. The molecule has 3 aromatic rings. The Kier molecular flexibility index (Phi) is 5.57. The molecule has 1 amide bonds. The third-order valence-corrected chi connectivity index (χ3v) is 3.33. The molecule has 6 nitrogen and oxygen atoms in total. The number of hydrogen-bond acceptors (Lipinski definition) is 5. The number of nitrogens with one attached hydrogen (secondary N) is 1. The minimum atomic E-state index is -0.646. The molecular formula is C20H16N2O4. The fraction of sp³-hybridized carbons (Fsp3) is 0.0500. The van der Waals surface area contributed by atoms with Crippen molar-refractivity contribution >= 4 is 17.6 Å². The van der Waals surface area contributed by atoms with Crippen LogP contribution in [0.2, 0.25) is 0 Å². The first-order valence-electron chi connectivity index (χ1n) is 7.92. The third-order valence-electron chi connectivity index (χ3n) is 3.33. The number of ether oxygens (including phenoxy) is 2. The molecule has 1 N–H and O–H groups in total. The van der Waals surface area contributed by atoms with Crippen LogP contribution in [0.4, 0.5) is 5.69 Å². The van der Waals surface area contributed by atoms with Crippen LogP contribution in [-0.4, -0.2) is 23.5 Å². The van der Waals surface area contributed by atoms with Crippen LogP contribution in [0.25, 0.3) is 0 Å². The number of rotatable bonds is 6. The lowest BCUT2D eigenvalue weighted by Crippen LogP contribution is -2.21. The van der Waals surface area contributed by atoms with Gasteiger partial charge in [0.1, 0.15) is 17.2 Å². The number of anilines is 1. The summed E-state index contributed by atoms with van der Waals surface area (Å²) in [5, 5.41) is 2.65. The van der Waals surface area contributed by atoms with Gasteiger partial charge in [0.05, 0.1) is 0 Å². The largest absolute Gasteiger partial charge is 0.457 e. The van der Waals surface area contributed by atoms with Crippen LogP contribution in [-0.2, 0) is 9.53 Å². The van der Waals surface area contributed by atoms with Crippen molar-refractivity contribution < 1.29 is 19.1 Å². The Hall–Kier alpha value is -3.67. The van der Waals surface area contributed by atoms with Crippen molar-refractivity contribution in [2.75, 3.05) is 11.9 Å². The van der Waals surface area contributed by atoms with Crippen LogP contribution in [0.1, 0.15) is 10.5 Å². The lowest BCUT2D eigenvalue weighted by molar-refractivity contribution is -0.119. The molecule has 0 atom stereocenters. The van der Waals surface area contributed by atoms with E-state index in [2.05, 4.69) is 10.3 Å². The number of hydrogen-bond donors (Lipinski definition) is 1. The molecule has 0 aliphatic rings. The van der Waals surface area contributed by atoms with Crippen molar-refractivity contribution in [1.82, 2.24) is 4.98 Å². The molecule has 130 valence electrons. The number of pyridine rings is 1. The van der Waals surface area contributed by atoms with Crippen molar-refractivity contribution in [3.63, 3.8) is 0 Å². The molecule has 0 radical (unpaired) electrons. The van der Waals surface area contributed by atoms with Gasteiger partial charge in [-0.3, -0.25) is 4.79 Å². The lowest BCUT2D eigenvalue weighted by Gasteiger charge is -2.08. The maximum absolute atomic E-state index is 11.9. The first-order chi connectivity index (χ1) is 12.7. The first-order valence-corrected chi connectivity index (χ1v) is 7.92. The van der Waals surface area contributed by atoms with E-state index in [1.165, 1.54) is 12.3 Å². The van der Waals surface area contributed by atoms with Crippen LogP contribution in [0.15, 0.2) is 79.0 Å². The van der Waals surface area contributed by atoms with Gasteiger partial charge in [-0.2, -0.15) is 0 Å². The molecule has 2 aromatic carbocycles. The Morgan fingerprint density at radius 1 is 0.846 bits per heavy atom. The van der Waals surface area contributed by atoms with Crippen LogP contribution >= 0.6 is 0 Å². The molecule has 26 heavy (non-hydrogen) atoms. The summed E-state index contributed by atoms with van der Waals surface area (Å²) in [6.07, 6.45) is 1.48. The van der Waals surface area contributed by atoms with Crippen LogP contribution < -0.4 is 10.1 Å². The van der Waals surface area contributed by atoms with E-state index in [4.69, 9.17) is 9.47 Å². The summed E-state index contributed by atoms with van der Waals surface area (Å²) in [6, 6.07) is 21.2. The molecule has 3 rings (SSSR count). The Bertz CT molecular complexity index is 865. The van der Waals surface area contributed by atoms with Gasteiger partial charge in [-0.15, -0.1) is 0 Å².